The first kappa shape index (κ1) is 12.0. The fourth-order valence-electron chi connectivity index (χ4n) is 2.27. The van der Waals surface area contributed by atoms with Crippen molar-refractivity contribution in [2.45, 2.75) is 19.8 Å². The second kappa shape index (κ2) is 3.29. The van der Waals surface area contributed by atoms with Crippen molar-refractivity contribution >= 4 is 78.5 Å². The van der Waals surface area contributed by atoms with Gasteiger partial charge in [-0.15, -0.1) is 0 Å². The molecule has 4 aliphatic heterocycles. The monoisotopic (exact) mass is 636 g/mol. The molecule has 0 aliphatic carbocycles. The van der Waals surface area contributed by atoms with Crippen LogP contribution in [-0.2, 0) is 8.47 Å². The third-order valence-electron chi connectivity index (χ3n) is 2.22. The van der Waals surface area contributed by atoms with Crippen LogP contribution in [0.1, 0.15) is 0 Å². The Balaban J connectivity index is 2.08. The van der Waals surface area contributed by atoms with Crippen LogP contribution in [0.15, 0.2) is 0 Å². The summed E-state index contributed by atoms with van der Waals surface area (Å²) >= 11 is -12.7. The average molecular weight is 631 g/mol. The first-order valence-corrected chi connectivity index (χ1v) is 29.8. The molecule has 0 aromatic carbocycles. The van der Waals surface area contributed by atoms with Crippen LogP contribution in [0, 0.1) is 0 Å². The summed E-state index contributed by atoms with van der Waals surface area (Å²) in [7, 11) is 0. The molecule has 0 spiro atoms. The summed E-state index contributed by atoms with van der Waals surface area (Å²) in [4.78, 5) is 8.06. The molecule has 14 heavy (non-hydrogen) atoms. The standard InChI is InChI=1S/4CH3.6O.4Sn/h4*1H3;;;;;;;;;;. The maximum atomic E-state index is 5.88. The molecule has 10 heteroatoms. The normalized spacial score (nSPS) is 66.0. The molecule has 0 radical (unpaired) electrons. The van der Waals surface area contributed by atoms with E-state index in [9.17, 15) is 0 Å². The molecule has 6 nitrogen and oxygen atoms in total. The zero-order chi connectivity index (χ0) is 10.2. The van der Waals surface area contributed by atoms with Gasteiger partial charge in [-0.1, -0.05) is 0 Å². The van der Waals surface area contributed by atoms with Gasteiger partial charge < -0.3 is 0 Å². The molecular formula is C4H12O6Sn4. The van der Waals surface area contributed by atoms with Crippen LogP contribution in [-0.4, -0.2) is 78.5 Å². The quantitative estimate of drug-likeness (QED) is 0.362. The van der Waals surface area contributed by atoms with E-state index in [4.69, 9.17) is 8.47 Å². The molecule has 0 aromatic heterocycles. The molecule has 0 unspecified atom stereocenters. The van der Waals surface area contributed by atoms with Crippen molar-refractivity contribution in [2.24, 2.45) is 0 Å². The number of rotatable bonds is 0. The van der Waals surface area contributed by atoms with Crippen molar-refractivity contribution in [1.82, 2.24) is 0 Å². The fourth-order valence-corrected chi connectivity index (χ4v) is 166. The Kier molecular flexibility index (Phi) is 2.82. The minimum absolute atomic E-state index is 2.02. The third kappa shape index (κ3) is 1.92. The molecule has 4 saturated heterocycles. The van der Waals surface area contributed by atoms with Crippen LogP contribution in [0.3, 0.4) is 0 Å². The predicted octanol–water partition coefficient (Wildman–Crippen LogP) is 0.402. The van der Waals surface area contributed by atoms with Gasteiger partial charge in [-0.3, -0.25) is 0 Å². The van der Waals surface area contributed by atoms with Crippen LogP contribution in [0.2, 0.25) is 19.8 Å². The summed E-state index contributed by atoms with van der Waals surface area (Å²) in [6.45, 7) is 0. The fraction of sp³-hybridized carbons (Fsp3) is 1.00. The van der Waals surface area contributed by atoms with E-state index in [2.05, 4.69) is 0 Å². The summed E-state index contributed by atoms with van der Waals surface area (Å²) in [5, 5.41) is 0. The Bertz CT molecular complexity index is 215. The minimum atomic E-state index is -3.18. The topological polar surface area (TPSA) is 55.4 Å². The summed E-state index contributed by atoms with van der Waals surface area (Å²) in [5.74, 6) is 0. The SMILES string of the molecule is [CH3][Sn]12[O][Sn]3([CH3])[O][Sn]([CH3])([O]1)[O][Sn]([CH3])([O]2)[O]3. The molecule has 4 aliphatic rings. The van der Waals surface area contributed by atoms with Gasteiger partial charge in [0.1, 0.15) is 0 Å². The van der Waals surface area contributed by atoms with Crippen LogP contribution >= 0.6 is 0 Å². The van der Waals surface area contributed by atoms with E-state index in [0.29, 0.717) is 0 Å². The van der Waals surface area contributed by atoms with Crippen molar-refractivity contribution in [2.75, 3.05) is 0 Å². The second-order valence-corrected chi connectivity index (χ2v) is 50.7. The molecule has 0 saturated carbocycles. The van der Waals surface area contributed by atoms with Gasteiger partial charge in [-0.2, -0.15) is 0 Å². The molecule has 0 aromatic rings. The Morgan fingerprint density at radius 1 is 0.429 bits per heavy atom. The van der Waals surface area contributed by atoms with Gasteiger partial charge in [-0.25, -0.2) is 0 Å². The van der Waals surface area contributed by atoms with Gasteiger partial charge in [0, 0.05) is 0 Å². The third-order valence-corrected chi connectivity index (χ3v) is 100. The van der Waals surface area contributed by atoms with E-state index in [1.54, 1.807) is 0 Å². The van der Waals surface area contributed by atoms with Gasteiger partial charge >= 0.3 is 107 Å². The van der Waals surface area contributed by atoms with E-state index >= 15 is 0 Å². The van der Waals surface area contributed by atoms with Gasteiger partial charge in [0.15, 0.2) is 0 Å². The van der Waals surface area contributed by atoms with Crippen molar-refractivity contribution in [1.29, 1.82) is 0 Å². The molecule has 0 amide bonds. The summed E-state index contributed by atoms with van der Waals surface area (Å²) in [6, 6.07) is 0. The van der Waals surface area contributed by atoms with Gasteiger partial charge in [0.2, 0.25) is 0 Å². The van der Waals surface area contributed by atoms with Gasteiger partial charge in [0.25, 0.3) is 0 Å². The summed E-state index contributed by atoms with van der Waals surface area (Å²) in [5.41, 5.74) is 0. The second-order valence-electron chi connectivity index (χ2n) is 4.06. The zero-order valence-corrected chi connectivity index (χ0v) is 19.9. The van der Waals surface area contributed by atoms with E-state index < -0.39 is 78.5 Å². The van der Waals surface area contributed by atoms with Crippen molar-refractivity contribution in [3.05, 3.63) is 0 Å². The molecule has 80 valence electrons. The van der Waals surface area contributed by atoms with Crippen molar-refractivity contribution in [3.8, 4) is 0 Å². The molecule has 0 N–H and O–H groups in total. The van der Waals surface area contributed by atoms with Gasteiger partial charge in [0.05, 0.1) is 0 Å². The molecule has 4 heterocycles. The maximum absolute atomic E-state index is 5.88. The number of hydrogen-bond acceptors (Lipinski definition) is 6. The van der Waals surface area contributed by atoms with E-state index in [1.165, 1.54) is 0 Å². The van der Waals surface area contributed by atoms with Crippen LogP contribution < -0.4 is 0 Å². The molecular weight excluding hydrogens is 619 g/mol. The summed E-state index contributed by atoms with van der Waals surface area (Å²) in [6.07, 6.45) is 0. The van der Waals surface area contributed by atoms with E-state index in [0.717, 1.165) is 0 Å². The Labute approximate surface area is 105 Å². The Morgan fingerprint density at radius 2 is 0.571 bits per heavy atom. The van der Waals surface area contributed by atoms with Gasteiger partial charge in [-0.05, 0) is 0 Å². The number of hydrogen-bond donors (Lipinski definition) is 0. The molecule has 4 fully saturated rings. The van der Waals surface area contributed by atoms with Crippen LogP contribution in [0.4, 0.5) is 0 Å². The summed E-state index contributed by atoms with van der Waals surface area (Å²) < 4.78 is 35.3. The Hall–Kier alpha value is 2.95. The van der Waals surface area contributed by atoms with E-state index in [-0.39, 0.29) is 0 Å². The van der Waals surface area contributed by atoms with Crippen LogP contribution in [0.25, 0.3) is 0 Å². The predicted molar refractivity (Wildman–Crippen MR) is 53.0 cm³/mol. The zero-order valence-electron chi connectivity index (χ0n) is 8.45. The van der Waals surface area contributed by atoms with E-state index in [1.807, 2.05) is 19.8 Å². The van der Waals surface area contributed by atoms with Crippen molar-refractivity contribution in [3.63, 3.8) is 0 Å². The molecule has 0 atom stereocenters. The first-order valence-electron chi connectivity index (χ1n) is 4.45. The first-order chi connectivity index (χ1) is 6.24. The molecule has 4 bridgehead atoms. The Morgan fingerprint density at radius 3 is 0.714 bits per heavy atom. The van der Waals surface area contributed by atoms with Crippen LogP contribution in [0.5, 0.6) is 0 Å². The molecule has 4 rings (SSSR count). The van der Waals surface area contributed by atoms with Crippen molar-refractivity contribution < 1.29 is 8.47 Å². The average Bonchev–Trinajstić information content (AvgIpc) is 1.67.